The summed E-state index contributed by atoms with van der Waals surface area (Å²) >= 11 is 0. The lowest BCUT2D eigenvalue weighted by Crippen LogP contribution is -2.63. The lowest BCUT2D eigenvalue weighted by Gasteiger charge is -2.43. The van der Waals surface area contributed by atoms with Crippen LogP contribution in [-0.4, -0.2) is 38.6 Å². The first-order chi connectivity index (χ1) is 15.8. The van der Waals surface area contributed by atoms with Gasteiger partial charge in [-0.1, -0.05) is 45.0 Å². The summed E-state index contributed by atoms with van der Waals surface area (Å²) in [5.41, 5.74) is 2.19. The second-order valence-corrected chi connectivity index (χ2v) is 9.32. The molecule has 3 aromatic rings. The Kier molecular flexibility index (Phi) is 6.40. The van der Waals surface area contributed by atoms with E-state index in [0.717, 1.165) is 18.4 Å². The lowest BCUT2D eigenvalue weighted by molar-refractivity contribution is -0.133. The number of carbonyl (C=O) groups excluding carboxylic acids is 2. The van der Waals surface area contributed by atoms with Crippen LogP contribution < -0.4 is 5.32 Å². The van der Waals surface area contributed by atoms with Gasteiger partial charge in [0.05, 0.1) is 12.8 Å². The highest BCUT2D eigenvalue weighted by molar-refractivity contribution is 6.00. The summed E-state index contributed by atoms with van der Waals surface area (Å²) in [5.74, 6) is 0.692. The Balaban J connectivity index is 1.68. The number of carbonyl (C=O) groups is 2. The minimum absolute atomic E-state index is 0.164. The van der Waals surface area contributed by atoms with Crippen LogP contribution in [0.5, 0.6) is 0 Å². The average Bonchev–Trinajstić information content (AvgIpc) is 3.46. The number of hydrogen-bond donors (Lipinski definition) is 1. The van der Waals surface area contributed by atoms with Gasteiger partial charge in [0.15, 0.2) is 5.76 Å². The van der Waals surface area contributed by atoms with Gasteiger partial charge in [0, 0.05) is 19.2 Å². The van der Waals surface area contributed by atoms with Crippen LogP contribution in [0.25, 0.3) is 11.5 Å². The minimum Gasteiger partial charge on any atom is -0.463 e. The third kappa shape index (κ3) is 4.58. The predicted octanol–water partition coefficient (Wildman–Crippen LogP) is 4.28. The highest BCUT2D eigenvalue weighted by atomic mass is 16.3. The molecule has 2 aromatic heterocycles. The Bertz CT molecular complexity index is 1120. The Hall–Kier alpha value is -3.35. The fourth-order valence-electron chi connectivity index (χ4n) is 4.16. The number of nitrogens with one attached hydrogen (secondary N) is 1. The van der Waals surface area contributed by atoms with E-state index in [2.05, 4.69) is 43.3 Å². The van der Waals surface area contributed by atoms with Crippen molar-refractivity contribution in [3.05, 3.63) is 65.5 Å². The molecule has 0 bridgehead atoms. The van der Waals surface area contributed by atoms with Crippen LogP contribution in [0.15, 0.2) is 53.1 Å². The van der Waals surface area contributed by atoms with Crippen molar-refractivity contribution < 1.29 is 14.0 Å². The number of amides is 2. The Morgan fingerprint density at radius 2 is 1.94 bits per heavy atom. The molecule has 3 heterocycles. The molecule has 33 heavy (non-hydrogen) atoms. The maximum Gasteiger partial charge on any atom is 0.273 e. The molecule has 1 aliphatic rings. The molecule has 1 N–H and O–H groups in total. The van der Waals surface area contributed by atoms with Crippen LogP contribution in [0.3, 0.4) is 0 Å². The van der Waals surface area contributed by atoms with Gasteiger partial charge in [0.1, 0.15) is 16.9 Å². The highest BCUT2D eigenvalue weighted by Gasteiger charge is 2.48. The molecular weight excluding hydrogens is 416 g/mol. The van der Waals surface area contributed by atoms with E-state index < -0.39 is 5.54 Å². The number of nitrogens with zero attached hydrogens (tertiary/aromatic N) is 3. The van der Waals surface area contributed by atoms with Gasteiger partial charge in [-0.25, -0.2) is 0 Å². The molecule has 0 saturated heterocycles. The fraction of sp³-hybridized carbons (Fsp3) is 0.423. The van der Waals surface area contributed by atoms with Crippen LogP contribution in [0.2, 0.25) is 0 Å². The third-order valence-electron chi connectivity index (χ3n) is 6.34. The number of benzene rings is 1. The zero-order valence-corrected chi connectivity index (χ0v) is 19.8. The summed E-state index contributed by atoms with van der Waals surface area (Å²) in [6.07, 6.45) is 3.41. The Morgan fingerprint density at radius 1 is 1.21 bits per heavy atom. The first-order valence-electron chi connectivity index (χ1n) is 11.6. The smallest absolute Gasteiger partial charge is 0.273 e. The molecule has 174 valence electrons. The van der Waals surface area contributed by atoms with Gasteiger partial charge in [0.25, 0.3) is 5.91 Å². The van der Waals surface area contributed by atoms with Crippen molar-refractivity contribution in [2.24, 2.45) is 5.92 Å². The summed E-state index contributed by atoms with van der Waals surface area (Å²) < 4.78 is 7.11. The Labute approximate surface area is 194 Å². The molecule has 4 rings (SSSR count). The first kappa shape index (κ1) is 22.8. The summed E-state index contributed by atoms with van der Waals surface area (Å²) in [7, 11) is 0. The largest absolute Gasteiger partial charge is 0.463 e. The van der Waals surface area contributed by atoms with Crippen molar-refractivity contribution in [3.63, 3.8) is 0 Å². The number of furan rings is 1. The fourth-order valence-corrected chi connectivity index (χ4v) is 4.16. The summed E-state index contributed by atoms with van der Waals surface area (Å²) in [5, 5.41) is 7.64. The van der Waals surface area contributed by atoms with Crippen LogP contribution in [0.1, 0.15) is 55.7 Å². The van der Waals surface area contributed by atoms with Crippen LogP contribution >= 0.6 is 0 Å². The third-order valence-corrected chi connectivity index (χ3v) is 6.34. The van der Waals surface area contributed by atoms with Crippen molar-refractivity contribution >= 4 is 11.8 Å². The molecule has 0 unspecified atom stereocenters. The van der Waals surface area contributed by atoms with E-state index in [-0.39, 0.29) is 18.4 Å². The maximum atomic E-state index is 13.7. The molecule has 0 aliphatic carbocycles. The molecular formula is C26H32N4O3. The van der Waals surface area contributed by atoms with E-state index >= 15 is 0 Å². The quantitative estimate of drug-likeness (QED) is 0.558. The second kappa shape index (κ2) is 9.25. The topological polar surface area (TPSA) is 80.4 Å². The SMILES string of the molecule is CCc1ccc(CN2C(=O)c3cc(-c4ccco4)nn3C[C@]2(C)C(=O)NCCC(C)C)cc1. The van der Waals surface area contributed by atoms with Crippen LogP contribution in [0.4, 0.5) is 0 Å². The van der Waals surface area contributed by atoms with E-state index in [1.807, 2.05) is 25.1 Å². The van der Waals surface area contributed by atoms with Crippen LogP contribution in [-0.2, 0) is 24.3 Å². The highest BCUT2D eigenvalue weighted by Crippen LogP contribution is 2.31. The standard InChI is InChI=1S/C26H32N4O3/c1-5-19-8-10-20(11-9-19)16-29-24(31)22-15-21(23-7-6-14-33-23)28-30(22)17-26(29,4)25(32)27-13-12-18(2)3/h6-11,14-15,18H,5,12-13,16-17H2,1-4H3,(H,27,32)/t26-/m1/s1. The zero-order chi connectivity index (χ0) is 23.6. The number of hydrogen-bond acceptors (Lipinski definition) is 4. The van der Waals surface area contributed by atoms with E-state index in [1.165, 1.54) is 5.56 Å². The van der Waals surface area contributed by atoms with Gasteiger partial charge in [-0.15, -0.1) is 0 Å². The molecule has 0 saturated carbocycles. The second-order valence-electron chi connectivity index (χ2n) is 9.32. The van der Waals surface area contributed by atoms with Crippen molar-refractivity contribution in [1.29, 1.82) is 0 Å². The lowest BCUT2D eigenvalue weighted by atomic mass is 9.93. The monoisotopic (exact) mass is 448 g/mol. The summed E-state index contributed by atoms with van der Waals surface area (Å²) in [6, 6.07) is 13.5. The molecule has 2 amide bonds. The average molecular weight is 449 g/mol. The molecule has 0 radical (unpaired) electrons. The summed E-state index contributed by atoms with van der Waals surface area (Å²) in [6.45, 7) is 9.37. The molecule has 0 fully saturated rings. The summed E-state index contributed by atoms with van der Waals surface area (Å²) in [4.78, 5) is 28.8. The van der Waals surface area contributed by atoms with E-state index in [9.17, 15) is 9.59 Å². The number of fused-ring (bicyclic) bond motifs is 1. The van der Waals surface area contributed by atoms with Crippen molar-refractivity contribution in [2.75, 3.05) is 6.54 Å². The minimum atomic E-state index is -1.07. The number of rotatable bonds is 8. The zero-order valence-electron chi connectivity index (χ0n) is 19.8. The molecule has 1 atom stereocenters. The van der Waals surface area contributed by atoms with Gasteiger partial charge in [-0.3, -0.25) is 14.3 Å². The van der Waals surface area contributed by atoms with Crippen molar-refractivity contribution in [1.82, 2.24) is 20.0 Å². The van der Waals surface area contributed by atoms with Crippen molar-refractivity contribution in [3.8, 4) is 11.5 Å². The van der Waals surface area contributed by atoms with Gasteiger partial charge in [-0.2, -0.15) is 5.10 Å². The van der Waals surface area contributed by atoms with E-state index in [0.29, 0.717) is 36.2 Å². The molecule has 1 aliphatic heterocycles. The van der Waals surface area contributed by atoms with Gasteiger partial charge >= 0.3 is 0 Å². The molecule has 7 nitrogen and oxygen atoms in total. The predicted molar refractivity (Wildman–Crippen MR) is 126 cm³/mol. The number of aryl methyl sites for hydroxylation is 1. The van der Waals surface area contributed by atoms with Crippen LogP contribution in [0, 0.1) is 5.92 Å². The maximum absolute atomic E-state index is 13.7. The molecule has 0 spiro atoms. The van der Waals surface area contributed by atoms with E-state index in [4.69, 9.17) is 4.42 Å². The van der Waals surface area contributed by atoms with Crippen molar-refractivity contribution in [2.45, 2.75) is 59.2 Å². The number of aromatic nitrogens is 2. The van der Waals surface area contributed by atoms with Gasteiger partial charge < -0.3 is 14.6 Å². The Morgan fingerprint density at radius 3 is 2.58 bits per heavy atom. The normalized spacial score (nSPS) is 18.0. The van der Waals surface area contributed by atoms with Gasteiger partial charge in [0.2, 0.25) is 5.91 Å². The van der Waals surface area contributed by atoms with Gasteiger partial charge in [-0.05, 0) is 48.9 Å². The van der Waals surface area contributed by atoms with E-state index in [1.54, 1.807) is 28.0 Å². The molecule has 1 aromatic carbocycles. The first-order valence-corrected chi connectivity index (χ1v) is 11.6. The molecule has 7 heteroatoms.